The molecule has 3 rings (SSSR count). The van der Waals surface area contributed by atoms with Gasteiger partial charge in [-0.25, -0.2) is 8.42 Å². The molecule has 0 spiro atoms. The molecule has 2 fully saturated rings. The van der Waals surface area contributed by atoms with Crippen molar-refractivity contribution in [3.8, 4) is 11.5 Å². The Morgan fingerprint density at radius 3 is 2.64 bits per heavy atom. The fourth-order valence-electron chi connectivity index (χ4n) is 3.21. The second kappa shape index (κ2) is 8.00. The number of fused-ring (bicyclic) bond motifs is 1. The van der Waals surface area contributed by atoms with Gasteiger partial charge in [0.2, 0.25) is 5.91 Å². The smallest absolute Gasteiger partial charge is 0.303 e. The second-order valence-corrected chi connectivity index (χ2v) is 9.75. The fraction of sp³-hybridized carbons (Fsp3) is 0.471. The Bertz CT molecular complexity index is 929. The highest BCUT2D eigenvalue weighted by atomic mass is 32.2. The van der Waals surface area contributed by atoms with Crippen LogP contribution in [0, 0.1) is 0 Å². The molecular weight excluding hydrogens is 408 g/mol. The van der Waals surface area contributed by atoms with Crippen LogP contribution in [0.3, 0.4) is 0 Å². The molecule has 2 aliphatic rings. The number of thioether (sulfide) groups is 1. The molecule has 152 valence electrons. The molecule has 0 aromatic heterocycles. The lowest BCUT2D eigenvalue weighted by Crippen LogP contribution is -2.38. The summed E-state index contributed by atoms with van der Waals surface area (Å²) < 4.78 is 34.9. The van der Waals surface area contributed by atoms with Crippen LogP contribution < -0.4 is 14.4 Å². The van der Waals surface area contributed by atoms with Crippen LogP contribution in [-0.2, 0) is 19.4 Å². The first-order valence-electron chi connectivity index (χ1n) is 8.45. The van der Waals surface area contributed by atoms with E-state index >= 15 is 0 Å². The van der Waals surface area contributed by atoms with Crippen LogP contribution in [0.15, 0.2) is 23.2 Å². The van der Waals surface area contributed by atoms with Gasteiger partial charge in [-0.15, -0.1) is 0 Å². The third-order valence-corrected chi connectivity index (χ3v) is 7.70. The number of carbonyl (C=O) groups is 2. The summed E-state index contributed by atoms with van der Waals surface area (Å²) in [6.07, 6.45) is -0.534. The lowest BCUT2D eigenvalue weighted by Gasteiger charge is -2.26. The SMILES string of the molecule is COc1ccc(N2C(=NC(=O)CCC(=O)O)S[C@H]3CS(=O)(=O)C[C@H]32)c(OC)c1. The minimum atomic E-state index is -3.20. The first-order chi connectivity index (χ1) is 13.2. The van der Waals surface area contributed by atoms with E-state index in [-0.39, 0.29) is 35.6 Å². The summed E-state index contributed by atoms with van der Waals surface area (Å²) in [5.74, 6) is -0.675. The fourth-order valence-corrected chi connectivity index (χ4v) is 7.13. The van der Waals surface area contributed by atoms with Crippen LogP contribution in [0.4, 0.5) is 5.69 Å². The predicted molar refractivity (Wildman–Crippen MR) is 105 cm³/mol. The Labute approximate surface area is 166 Å². The number of hydrogen-bond donors (Lipinski definition) is 1. The number of benzene rings is 1. The van der Waals surface area contributed by atoms with Gasteiger partial charge in [0, 0.05) is 17.7 Å². The number of nitrogens with zero attached hydrogens (tertiary/aromatic N) is 2. The molecule has 2 aliphatic heterocycles. The average Bonchev–Trinajstić information content (AvgIpc) is 3.10. The zero-order valence-corrected chi connectivity index (χ0v) is 17.0. The van der Waals surface area contributed by atoms with Crippen molar-refractivity contribution in [3.05, 3.63) is 18.2 Å². The second-order valence-electron chi connectivity index (χ2n) is 6.39. The van der Waals surface area contributed by atoms with Crippen LogP contribution >= 0.6 is 11.8 Å². The molecule has 0 radical (unpaired) electrons. The summed E-state index contributed by atoms with van der Waals surface area (Å²) in [5, 5.41) is 8.84. The molecule has 0 saturated carbocycles. The van der Waals surface area contributed by atoms with E-state index in [0.29, 0.717) is 22.4 Å². The van der Waals surface area contributed by atoms with E-state index in [0.717, 1.165) is 0 Å². The summed E-state index contributed by atoms with van der Waals surface area (Å²) in [7, 11) is -0.191. The number of rotatable bonds is 6. The molecule has 2 saturated heterocycles. The summed E-state index contributed by atoms with van der Waals surface area (Å²) in [6, 6.07) is 4.72. The molecule has 1 aromatic carbocycles. The third kappa shape index (κ3) is 4.25. The number of sulfone groups is 1. The minimum absolute atomic E-state index is 0.000357. The van der Waals surface area contributed by atoms with Gasteiger partial charge in [-0.2, -0.15) is 4.99 Å². The maximum Gasteiger partial charge on any atom is 0.303 e. The Balaban J connectivity index is 1.99. The van der Waals surface area contributed by atoms with Gasteiger partial charge < -0.3 is 19.5 Å². The molecule has 0 unspecified atom stereocenters. The summed E-state index contributed by atoms with van der Waals surface area (Å²) in [5.41, 5.74) is 0.574. The number of carbonyl (C=O) groups excluding carboxylic acids is 1. The zero-order chi connectivity index (χ0) is 20.5. The van der Waals surface area contributed by atoms with Gasteiger partial charge in [0.25, 0.3) is 0 Å². The number of methoxy groups -OCH3 is 2. The molecule has 2 atom stereocenters. The van der Waals surface area contributed by atoms with Crippen molar-refractivity contribution >= 4 is 44.3 Å². The maximum atomic E-state index is 12.1. The highest BCUT2D eigenvalue weighted by molar-refractivity contribution is 8.16. The number of anilines is 1. The van der Waals surface area contributed by atoms with Crippen molar-refractivity contribution in [1.82, 2.24) is 0 Å². The van der Waals surface area contributed by atoms with Gasteiger partial charge in [-0.1, -0.05) is 11.8 Å². The number of amides is 1. The van der Waals surface area contributed by atoms with E-state index in [9.17, 15) is 18.0 Å². The topological polar surface area (TPSA) is 123 Å². The zero-order valence-electron chi connectivity index (χ0n) is 15.3. The van der Waals surface area contributed by atoms with E-state index in [1.807, 2.05) is 0 Å². The van der Waals surface area contributed by atoms with Gasteiger partial charge >= 0.3 is 5.97 Å². The number of aliphatic carboxylic acids is 1. The van der Waals surface area contributed by atoms with E-state index in [2.05, 4.69) is 4.99 Å². The van der Waals surface area contributed by atoms with Crippen LogP contribution in [0.25, 0.3) is 0 Å². The normalized spacial score (nSPS) is 24.2. The van der Waals surface area contributed by atoms with Gasteiger partial charge in [-0.3, -0.25) is 9.59 Å². The maximum absolute atomic E-state index is 12.1. The molecular formula is C17H20N2O7S2. The molecule has 1 amide bonds. The van der Waals surface area contributed by atoms with Crippen LogP contribution in [0.2, 0.25) is 0 Å². The Morgan fingerprint density at radius 2 is 2.00 bits per heavy atom. The summed E-state index contributed by atoms with van der Waals surface area (Å²) in [4.78, 5) is 28.6. The number of aliphatic imine (C=N–C) groups is 1. The lowest BCUT2D eigenvalue weighted by molar-refractivity contribution is -0.138. The average molecular weight is 428 g/mol. The van der Waals surface area contributed by atoms with Gasteiger partial charge in [-0.05, 0) is 12.1 Å². The first kappa shape index (κ1) is 20.5. The standard InChI is InChI=1S/C17H20N2O7S2/c1-25-10-3-4-11(13(7-10)26-2)19-12-8-28(23,24)9-14(12)27-17(19)18-15(20)5-6-16(21)22/h3-4,7,12,14H,5-6,8-9H2,1-2H3,(H,21,22)/t12-,14+/m1/s1. The van der Waals surface area contributed by atoms with Crippen molar-refractivity contribution in [2.24, 2.45) is 4.99 Å². The summed E-state index contributed by atoms with van der Waals surface area (Å²) in [6.45, 7) is 0. The van der Waals surface area contributed by atoms with E-state index in [1.54, 1.807) is 23.1 Å². The quantitative estimate of drug-likeness (QED) is 0.711. The number of hydrogen-bond acceptors (Lipinski definition) is 7. The molecule has 2 heterocycles. The Hall–Kier alpha value is -2.27. The van der Waals surface area contributed by atoms with Crippen molar-refractivity contribution in [1.29, 1.82) is 0 Å². The molecule has 0 aliphatic carbocycles. The van der Waals surface area contributed by atoms with E-state index in [4.69, 9.17) is 14.6 Å². The minimum Gasteiger partial charge on any atom is -0.497 e. The molecule has 0 bridgehead atoms. The van der Waals surface area contributed by atoms with Gasteiger partial charge in [0.1, 0.15) is 11.5 Å². The number of ether oxygens (including phenoxy) is 2. The lowest BCUT2D eigenvalue weighted by atomic mass is 10.2. The third-order valence-electron chi connectivity index (χ3n) is 4.49. The van der Waals surface area contributed by atoms with Gasteiger partial charge in [0.05, 0.1) is 43.9 Å². The van der Waals surface area contributed by atoms with Crippen molar-refractivity contribution < 1.29 is 32.6 Å². The first-order valence-corrected chi connectivity index (χ1v) is 11.2. The van der Waals surface area contributed by atoms with Gasteiger partial charge in [0.15, 0.2) is 15.0 Å². The molecule has 1 aromatic rings. The monoisotopic (exact) mass is 428 g/mol. The highest BCUT2D eigenvalue weighted by Gasteiger charge is 2.50. The predicted octanol–water partition coefficient (Wildman–Crippen LogP) is 1.17. The summed E-state index contributed by atoms with van der Waals surface area (Å²) >= 11 is 1.22. The molecule has 11 heteroatoms. The largest absolute Gasteiger partial charge is 0.497 e. The molecule has 9 nitrogen and oxygen atoms in total. The van der Waals surface area contributed by atoms with E-state index < -0.39 is 21.7 Å². The Kier molecular flexibility index (Phi) is 5.84. The Morgan fingerprint density at radius 1 is 1.25 bits per heavy atom. The highest BCUT2D eigenvalue weighted by Crippen LogP contribution is 2.44. The molecule has 1 N–H and O–H groups in total. The van der Waals surface area contributed by atoms with Crippen LogP contribution in [-0.4, -0.2) is 67.6 Å². The van der Waals surface area contributed by atoms with Crippen LogP contribution in [0.5, 0.6) is 11.5 Å². The van der Waals surface area contributed by atoms with Crippen molar-refractivity contribution in [2.45, 2.75) is 24.1 Å². The molecule has 28 heavy (non-hydrogen) atoms. The van der Waals surface area contributed by atoms with E-state index in [1.165, 1.54) is 26.0 Å². The number of carboxylic acids is 1. The van der Waals surface area contributed by atoms with Crippen LogP contribution in [0.1, 0.15) is 12.8 Å². The number of amidine groups is 1. The van der Waals surface area contributed by atoms with Crippen molar-refractivity contribution in [2.75, 3.05) is 30.6 Å². The van der Waals surface area contributed by atoms with Crippen molar-refractivity contribution in [3.63, 3.8) is 0 Å². The number of carboxylic acid groups (broad SMARTS) is 1.